The van der Waals surface area contributed by atoms with Gasteiger partial charge in [0.2, 0.25) is 15.9 Å². The Hall–Kier alpha value is -1.54. The van der Waals surface area contributed by atoms with E-state index in [9.17, 15) is 22.0 Å². The van der Waals surface area contributed by atoms with Gasteiger partial charge in [-0.2, -0.15) is 0 Å². The molecule has 1 aliphatic heterocycles. The van der Waals surface area contributed by atoms with Crippen LogP contribution < -0.4 is 5.32 Å². The summed E-state index contributed by atoms with van der Waals surface area (Å²) >= 11 is 0. The minimum Gasteiger partial charge on any atom is -0.326 e. The van der Waals surface area contributed by atoms with Gasteiger partial charge in [-0.15, -0.1) is 0 Å². The maximum Gasteiger partial charge on any atom is 0.224 e. The highest BCUT2D eigenvalue weighted by Crippen LogP contribution is 2.16. The number of unbranched alkanes of at least 4 members (excludes halogenated alkanes) is 1. The van der Waals surface area contributed by atoms with E-state index in [1.165, 1.54) is 10.4 Å². The van der Waals surface area contributed by atoms with Crippen LogP contribution in [0.25, 0.3) is 0 Å². The van der Waals surface area contributed by atoms with Crippen LogP contribution >= 0.6 is 0 Å². The predicted octanol–water partition coefficient (Wildman–Crippen LogP) is 2.89. The van der Waals surface area contributed by atoms with Gasteiger partial charge in [0.15, 0.2) is 11.6 Å². The molecule has 1 fully saturated rings. The molecular weight excluding hydrogens is 338 g/mol. The highest BCUT2D eigenvalue weighted by Gasteiger charge is 2.23. The SMILES string of the molecule is O=C(CCCCS(=O)(=O)N1CCCCC1)Nc1ccc(F)c(F)c1. The molecule has 1 aromatic carbocycles. The van der Waals surface area contributed by atoms with Crippen LogP contribution in [-0.2, 0) is 14.8 Å². The summed E-state index contributed by atoms with van der Waals surface area (Å²) in [7, 11) is -3.24. The van der Waals surface area contributed by atoms with Crippen molar-refractivity contribution < 1.29 is 22.0 Å². The number of carbonyl (C=O) groups excluding carboxylic acids is 1. The summed E-state index contributed by atoms with van der Waals surface area (Å²) in [5, 5.41) is 2.47. The molecule has 0 atom stereocenters. The van der Waals surface area contributed by atoms with E-state index in [4.69, 9.17) is 0 Å². The summed E-state index contributed by atoms with van der Waals surface area (Å²) in [5.41, 5.74) is 0.180. The summed E-state index contributed by atoms with van der Waals surface area (Å²) in [6.07, 6.45) is 3.81. The van der Waals surface area contributed by atoms with E-state index in [1.807, 2.05) is 0 Å². The van der Waals surface area contributed by atoms with E-state index in [-0.39, 0.29) is 23.8 Å². The van der Waals surface area contributed by atoms with Crippen LogP contribution in [0.15, 0.2) is 18.2 Å². The van der Waals surface area contributed by atoms with Crippen LogP contribution in [-0.4, -0.2) is 37.5 Å². The topological polar surface area (TPSA) is 66.5 Å². The normalized spacial score (nSPS) is 16.1. The number of amides is 1. The van der Waals surface area contributed by atoms with Crippen LogP contribution in [0.3, 0.4) is 0 Å². The number of hydrogen-bond donors (Lipinski definition) is 1. The van der Waals surface area contributed by atoms with Gasteiger partial charge in [-0.25, -0.2) is 21.5 Å². The molecule has 0 bridgehead atoms. The Morgan fingerprint density at radius 2 is 1.79 bits per heavy atom. The third kappa shape index (κ3) is 5.52. The Balaban J connectivity index is 1.71. The van der Waals surface area contributed by atoms with Crippen molar-refractivity contribution in [1.29, 1.82) is 0 Å². The number of nitrogens with zero attached hydrogens (tertiary/aromatic N) is 1. The van der Waals surface area contributed by atoms with Gasteiger partial charge in [0.1, 0.15) is 0 Å². The lowest BCUT2D eigenvalue weighted by molar-refractivity contribution is -0.116. The fourth-order valence-electron chi connectivity index (χ4n) is 2.64. The zero-order valence-electron chi connectivity index (χ0n) is 13.4. The molecule has 8 heteroatoms. The van der Waals surface area contributed by atoms with Crippen LogP contribution in [0.2, 0.25) is 0 Å². The summed E-state index contributed by atoms with van der Waals surface area (Å²) in [6.45, 7) is 1.16. The molecule has 0 aliphatic carbocycles. The van der Waals surface area contributed by atoms with Crippen LogP contribution in [0.5, 0.6) is 0 Å². The average Bonchev–Trinajstić information content (AvgIpc) is 2.56. The van der Waals surface area contributed by atoms with Crippen LogP contribution in [0, 0.1) is 11.6 Å². The van der Waals surface area contributed by atoms with Crippen molar-refractivity contribution in [3.63, 3.8) is 0 Å². The van der Waals surface area contributed by atoms with E-state index in [1.54, 1.807) is 0 Å². The summed E-state index contributed by atoms with van der Waals surface area (Å²) in [4.78, 5) is 11.7. The van der Waals surface area contributed by atoms with Gasteiger partial charge in [0, 0.05) is 31.3 Å². The number of anilines is 1. The van der Waals surface area contributed by atoms with Crippen molar-refractivity contribution in [2.45, 2.75) is 38.5 Å². The number of benzene rings is 1. The molecule has 5 nitrogen and oxygen atoms in total. The quantitative estimate of drug-likeness (QED) is 0.761. The lowest BCUT2D eigenvalue weighted by Gasteiger charge is -2.25. The van der Waals surface area contributed by atoms with Crippen molar-refractivity contribution in [3.05, 3.63) is 29.8 Å². The third-order valence-electron chi connectivity index (χ3n) is 3.97. The lowest BCUT2D eigenvalue weighted by Crippen LogP contribution is -2.37. The van der Waals surface area contributed by atoms with Gasteiger partial charge >= 0.3 is 0 Å². The molecule has 134 valence electrons. The fraction of sp³-hybridized carbons (Fsp3) is 0.562. The molecular formula is C16H22F2N2O3S. The summed E-state index contributed by atoms with van der Waals surface area (Å²) in [6, 6.07) is 3.13. The Bertz CT molecular complexity index is 674. The van der Waals surface area contributed by atoms with E-state index < -0.39 is 21.7 Å². The molecule has 0 spiro atoms. The molecule has 1 amide bonds. The molecule has 0 aromatic heterocycles. The minimum absolute atomic E-state index is 0.0332. The van der Waals surface area contributed by atoms with Crippen molar-refractivity contribution in [2.75, 3.05) is 24.2 Å². The summed E-state index contributed by atoms with van der Waals surface area (Å²) in [5.74, 6) is -2.32. The van der Waals surface area contributed by atoms with Crippen molar-refractivity contribution in [2.24, 2.45) is 0 Å². The zero-order valence-corrected chi connectivity index (χ0v) is 14.2. The van der Waals surface area contributed by atoms with Gasteiger partial charge in [0.25, 0.3) is 0 Å². The second-order valence-electron chi connectivity index (χ2n) is 5.91. The largest absolute Gasteiger partial charge is 0.326 e. The van der Waals surface area contributed by atoms with Crippen LogP contribution in [0.4, 0.5) is 14.5 Å². The van der Waals surface area contributed by atoms with E-state index in [0.717, 1.165) is 31.4 Å². The Morgan fingerprint density at radius 3 is 2.46 bits per heavy atom. The van der Waals surface area contributed by atoms with Crippen LogP contribution in [0.1, 0.15) is 38.5 Å². The average molecular weight is 360 g/mol. The van der Waals surface area contributed by atoms with Gasteiger partial charge in [-0.05, 0) is 37.8 Å². The zero-order chi connectivity index (χ0) is 17.6. The number of rotatable bonds is 7. The highest BCUT2D eigenvalue weighted by molar-refractivity contribution is 7.89. The Morgan fingerprint density at radius 1 is 1.08 bits per heavy atom. The molecule has 1 aliphatic rings. The first-order valence-corrected chi connectivity index (χ1v) is 9.72. The molecule has 0 saturated carbocycles. The lowest BCUT2D eigenvalue weighted by atomic mass is 10.2. The number of sulfonamides is 1. The van der Waals surface area contributed by atoms with E-state index >= 15 is 0 Å². The van der Waals surface area contributed by atoms with Gasteiger partial charge in [-0.3, -0.25) is 4.79 Å². The predicted molar refractivity (Wildman–Crippen MR) is 88.0 cm³/mol. The maximum absolute atomic E-state index is 13.0. The fourth-order valence-corrected chi connectivity index (χ4v) is 4.28. The van der Waals surface area contributed by atoms with Crippen molar-refractivity contribution >= 4 is 21.6 Å². The molecule has 2 rings (SSSR count). The van der Waals surface area contributed by atoms with Crippen molar-refractivity contribution in [1.82, 2.24) is 4.31 Å². The van der Waals surface area contributed by atoms with Crippen molar-refractivity contribution in [3.8, 4) is 0 Å². The number of halogens is 2. The number of piperidine rings is 1. The molecule has 1 heterocycles. The Labute approximate surface area is 141 Å². The second-order valence-corrected chi connectivity index (χ2v) is 8.00. The first kappa shape index (κ1) is 18.8. The number of hydrogen-bond acceptors (Lipinski definition) is 3. The third-order valence-corrected chi connectivity index (χ3v) is 5.92. The summed E-state index contributed by atoms with van der Waals surface area (Å²) < 4.78 is 51.7. The number of carbonyl (C=O) groups is 1. The molecule has 1 N–H and O–H groups in total. The van der Waals surface area contributed by atoms with E-state index in [2.05, 4.69) is 5.32 Å². The second kappa shape index (κ2) is 8.53. The van der Waals surface area contributed by atoms with Gasteiger partial charge < -0.3 is 5.32 Å². The molecule has 1 aromatic rings. The molecule has 0 unspecified atom stereocenters. The molecule has 1 saturated heterocycles. The smallest absolute Gasteiger partial charge is 0.224 e. The number of nitrogens with one attached hydrogen (secondary N) is 1. The van der Waals surface area contributed by atoms with E-state index in [0.29, 0.717) is 25.9 Å². The minimum atomic E-state index is -3.24. The molecule has 24 heavy (non-hydrogen) atoms. The monoisotopic (exact) mass is 360 g/mol. The maximum atomic E-state index is 13.0. The molecule has 0 radical (unpaired) electrons. The van der Waals surface area contributed by atoms with Gasteiger partial charge in [0.05, 0.1) is 5.75 Å². The van der Waals surface area contributed by atoms with Gasteiger partial charge in [-0.1, -0.05) is 6.42 Å². The first-order chi connectivity index (χ1) is 11.4. The standard InChI is InChI=1S/C16H22F2N2O3S/c17-14-8-7-13(12-15(14)18)19-16(21)6-2-5-11-24(22,23)20-9-3-1-4-10-20/h7-8,12H,1-6,9-11H2,(H,19,21). The first-order valence-electron chi connectivity index (χ1n) is 8.11. The highest BCUT2D eigenvalue weighted by atomic mass is 32.2. The Kier molecular flexibility index (Phi) is 6.68.